The number of hydrogen-bond donors (Lipinski definition) is 2. The summed E-state index contributed by atoms with van der Waals surface area (Å²) in [6.45, 7) is 6.49. The number of benzene rings is 1. The van der Waals surface area contributed by atoms with Crippen LogP contribution in [0.4, 0.5) is 5.82 Å². The number of anilines is 1. The third-order valence-electron chi connectivity index (χ3n) is 4.03. The van der Waals surface area contributed by atoms with E-state index in [1.165, 1.54) is 0 Å². The van der Waals surface area contributed by atoms with Crippen molar-refractivity contribution in [1.82, 2.24) is 10.2 Å². The zero-order valence-electron chi connectivity index (χ0n) is 13.3. The van der Waals surface area contributed by atoms with Crippen LogP contribution in [-0.2, 0) is 5.41 Å². The molecule has 0 aliphatic carbocycles. The van der Waals surface area contributed by atoms with Gasteiger partial charge in [0.25, 0.3) is 0 Å². The van der Waals surface area contributed by atoms with Crippen LogP contribution in [0.5, 0.6) is 11.5 Å². The van der Waals surface area contributed by atoms with Gasteiger partial charge in [-0.3, -0.25) is 5.10 Å². The molecule has 0 saturated carbocycles. The van der Waals surface area contributed by atoms with Gasteiger partial charge in [0.05, 0.1) is 19.9 Å². The van der Waals surface area contributed by atoms with E-state index in [0.717, 1.165) is 23.2 Å². The van der Waals surface area contributed by atoms with Crippen LogP contribution >= 0.6 is 0 Å². The lowest BCUT2D eigenvalue weighted by Gasteiger charge is -2.23. The largest absolute Gasteiger partial charge is 0.493 e. The maximum Gasteiger partial charge on any atom is 0.161 e. The first-order valence-corrected chi connectivity index (χ1v) is 7.01. The van der Waals surface area contributed by atoms with Gasteiger partial charge in [-0.15, -0.1) is 0 Å². The van der Waals surface area contributed by atoms with Crippen molar-refractivity contribution in [2.75, 3.05) is 20.0 Å². The summed E-state index contributed by atoms with van der Waals surface area (Å²) in [5.41, 5.74) is 8.98. The Morgan fingerprint density at radius 3 is 2.43 bits per heavy atom. The Hall–Kier alpha value is -2.17. The van der Waals surface area contributed by atoms with Gasteiger partial charge >= 0.3 is 0 Å². The first-order valence-electron chi connectivity index (χ1n) is 7.01. The molecule has 0 saturated heterocycles. The van der Waals surface area contributed by atoms with Crippen LogP contribution in [-0.4, -0.2) is 24.4 Å². The van der Waals surface area contributed by atoms with E-state index in [9.17, 15) is 0 Å². The molecule has 21 heavy (non-hydrogen) atoms. The molecule has 0 aliphatic heterocycles. The fourth-order valence-corrected chi connectivity index (χ4v) is 2.31. The molecule has 1 aromatic heterocycles. The second-order valence-corrected chi connectivity index (χ2v) is 5.67. The van der Waals surface area contributed by atoms with E-state index in [1.54, 1.807) is 14.2 Å². The zero-order valence-corrected chi connectivity index (χ0v) is 13.3. The Balaban J connectivity index is 2.60. The summed E-state index contributed by atoms with van der Waals surface area (Å²) in [7, 11) is 3.24. The molecule has 1 heterocycles. The second kappa shape index (κ2) is 5.68. The van der Waals surface area contributed by atoms with Gasteiger partial charge in [0.15, 0.2) is 17.3 Å². The number of nitrogens with zero attached hydrogens (tertiary/aromatic N) is 1. The smallest absolute Gasteiger partial charge is 0.161 e. The molecule has 2 aromatic rings. The number of nitrogens with two attached hydrogens (primary N) is 1. The number of ether oxygens (including phenoxy) is 2. The fraction of sp³-hybridized carbons (Fsp3) is 0.438. The molecule has 1 aromatic carbocycles. The highest BCUT2D eigenvalue weighted by molar-refractivity contribution is 5.78. The van der Waals surface area contributed by atoms with Gasteiger partial charge in [-0.2, -0.15) is 5.10 Å². The van der Waals surface area contributed by atoms with E-state index in [-0.39, 0.29) is 5.41 Å². The topological polar surface area (TPSA) is 73.2 Å². The molecule has 5 heteroatoms. The summed E-state index contributed by atoms with van der Waals surface area (Å²) < 4.78 is 10.6. The molecule has 0 radical (unpaired) electrons. The third kappa shape index (κ3) is 2.68. The van der Waals surface area contributed by atoms with Gasteiger partial charge in [0.1, 0.15) is 0 Å². The number of nitrogens with one attached hydrogen (secondary N) is 1. The van der Waals surface area contributed by atoms with Gasteiger partial charge < -0.3 is 15.2 Å². The van der Waals surface area contributed by atoms with Crippen LogP contribution in [0.2, 0.25) is 0 Å². The monoisotopic (exact) mass is 289 g/mol. The van der Waals surface area contributed by atoms with Crippen LogP contribution in [0.25, 0.3) is 11.1 Å². The van der Waals surface area contributed by atoms with Gasteiger partial charge in [-0.25, -0.2) is 0 Å². The van der Waals surface area contributed by atoms with E-state index in [1.807, 2.05) is 18.2 Å². The first kappa shape index (κ1) is 15.2. The minimum Gasteiger partial charge on any atom is -0.493 e. The summed E-state index contributed by atoms with van der Waals surface area (Å²) in [6, 6.07) is 5.77. The van der Waals surface area contributed by atoms with Gasteiger partial charge in [0.2, 0.25) is 0 Å². The van der Waals surface area contributed by atoms with Crippen molar-refractivity contribution in [3.8, 4) is 22.6 Å². The number of aromatic amines is 1. The van der Waals surface area contributed by atoms with Crippen LogP contribution in [0, 0.1) is 0 Å². The molecule has 2 rings (SSSR count). The van der Waals surface area contributed by atoms with Gasteiger partial charge in [0, 0.05) is 11.0 Å². The van der Waals surface area contributed by atoms with Crippen molar-refractivity contribution >= 4 is 5.82 Å². The lowest BCUT2D eigenvalue weighted by Crippen LogP contribution is -2.17. The Morgan fingerprint density at radius 2 is 1.86 bits per heavy atom. The Bertz CT molecular complexity index is 632. The van der Waals surface area contributed by atoms with Crippen molar-refractivity contribution < 1.29 is 9.47 Å². The molecular weight excluding hydrogens is 266 g/mol. The van der Waals surface area contributed by atoms with Crippen LogP contribution in [0.3, 0.4) is 0 Å². The van der Waals surface area contributed by atoms with Gasteiger partial charge in [-0.05, 0) is 24.1 Å². The van der Waals surface area contributed by atoms with E-state index in [0.29, 0.717) is 17.3 Å². The third-order valence-corrected chi connectivity index (χ3v) is 4.03. The molecular formula is C16H23N3O2. The molecule has 0 unspecified atom stereocenters. The number of nitrogen functional groups attached to an aromatic ring is 1. The van der Waals surface area contributed by atoms with Crippen molar-refractivity contribution in [3.05, 3.63) is 23.9 Å². The normalized spacial score (nSPS) is 11.5. The number of H-pyrrole nitrogens is 1. The fourth-order valence-electron chi connectivity index (χ4n) is 2.31. The average molecular weight is 289 g/mol. The predicted molar refractivity (Wildman–Crippen MR) is 84.9 cm³/mol. The van der Waals surface area contributed by atoms with E-state index < -0.39 is 0 Å². The highest BCUT2D eigenvalue weighted by atomic mass is 16.5. The van der Waals surface area contributed by atoms with E-state index in [2.05, 4.69) is 31.0 Å². The molecule has 0 bridgehead atoms. The average Bonchev–Trinajstić information content (AvgIpc) is 2.89. The lowest BCUT2D eigenvalue weighted by atomic mass is 9.83. The van der Waals surface area contributed by atoms with Crippen LogP contribution < -0.4 is 15.2 Å². The van der Waals surface area contributed by atoms with Crippen molar-refractivity contribution in [1.29, 1.82) is 0 Å². The molecule has 0 amide bonds. The number of methoxy groups -OCH3 is 2. The van der Waals surface area contributed by atoms with Crippen molar-refractivity contribution in [2.45, 2.75) is 32.6 Å². The highest BCUT2D eigenvalue weighted by Crippen LogP contribution is 2.40. The van der Waals surface area contributed by atoms with E-state index in [4.69, 9.17) is 15.2 Å². The lowest BCUT2D eigenvalue weighted by molar-refractivity contribution is 0.355. The summed E-state index contributed by atoms with van der Waals surface area (Å²) in [5, 5.41) is 7.27. The maximum absolute atomic E-state index is 6.07. The maximum atomic E-state index is 6.07. The summed E-state index contributed by atoms with van der Waals surface area (Å²) in [5.74, 6) is 1.87. The number of hydrogen-bond acceptors (Lipinski definition) is 4. The second-order valence-electron chi connectivity index (χ2n) is 5.67. The Labute approximate surface area is 125 Å². The molecule has 3 N–H and O–H groups in total. The van der Waals surface area contributed by atoms with Crippen molar-refractivity contribution in [2.24, 2.45) is 0 Å². The van der Waals surface area contributed by atoms with E-state index >= 15 is 0 Å². The number of aromatic nitrogens is 2. The SMILES string of the molecule is CCC(C)(C)c1[nH]nc(N)c1-c1ccc(OC)c(OC)c1. The summed E-state index contributed by atoms with van der Waals surface area (Å²) in [4.78, 5) is 0. The van der Waals surface area contributed by atoms with Gasteiger partial charge in [-0.1, -0.05) is 26.8 Å². The molecule has 0 aliphatic rings. The quantitative estimate of drug-likeness (QED) is 0.885. The summed E-state index contributed by atoms with van der Waals surface area (Å²) in [6.07, 6.45) is 0.981. The molecule has 114 valence electrons. The zero-order chi connectivity index (χ0) is 15.6. The van der Waals surface area contributed by atoms with Crippen molar-refractivity contribution in [3.63, 3.8) is 0 Å². The standard InChI is InChI=1S/C16H23N3O2/c1-6-16(2,3)14-13(15(17)19-18-14)10-7-8-11(20-4)12(9-10)21-5/h7-9H,6H2,1-5H3,(H3,17,18,19). The molecule has 0 atom stereocenters. The summed E-state index contributed by atoms with van der Waals surface area (Å²) >= 11 is 0. The molecule has 0 fully saturated rings. The van der Waals surface area contributed by atoms with Crippen LogP contribution in [0.1, 0.15) is 32.9 Å². The predicted octanol–water partition coefficient (Wildman–Crippen LogP) is 3.36. The molecule has 0 spiro atoms. The Kier molecular flexibility index (Phi) is 4.11. The minimum atomic E-state index is -0.0346. The number of rotatable bonds is 5. The van der Waals surface area contributed by atoms with Crippen LogP contribution in [0.15, 0.2) is 18.2 Å². The highest BCUT2D eigenvalue weighted by Gasteiger charge is 2.27. The minimum absolute atomic E-state index is 0.0346. The Morgan fingerprint density at radius 1 is 1.19 bits per heavy atom. The molecule has 5 nitrogen and oxygen atoms in total. The first-order chi connectivity index (χ1) is 9.94.